The van der Waals surface area contributed by atoms with Crippen molar-refractivity contribution in [1.82, 2.24) is 24.6 Å². The molecule has 37 heavy (non-hydrogen) atoms. The van der Waals surface area contributed by atoms with Gasteiger partial charge in [-0.25, -0.2) is 23.7 Å². The second kappa shape index (κ2) is 10.1. The van der Waals surface area contributed by atoms with Crippen molar-refractivity contribution in [3.63, 3.8) is 0 Å². The predicted octanol–water partition coefficient (Wildman–Crippen LogP) is 3.03. The van der Waals surface area contributed by atoms with Gasteiger partial charge in [0.2, 0.25) is 0 Å². The summed E-state index contributed by atoms with van der Waals surface area (Å²) in [4.78, 5) is 36.4. The van der Waals surface area contributed by atoms with Crippen LogP contribution >= 0.6 is 0 Å². The molecular weight excluding hydrogens is 481 g/mol. The molecule has 6 N–H and O–H groups in total. The number of hydrogen-bond donors (Lipinski definition) is 5. The van der Waals surface area contributed by atoms with Crippen molar-refractivity contribution in [3.8, 4) is 0 Å². The normalized spacial score (nSPS) is 17.4. The van der Waals surface area contributed by atoms with E-state index < -0.39 is 17.7 Å². The molecule has 4 aromatic rings. The fraction of sp³-hybridized carbons (Fsp3) is 0.250. The number of halogens is 1. The average Bonchev–Trinajstić information content (AvgIpc) is 3.32. The van der Waals surface area contributed by atoms with Gasteiger partial charge >= 0.3 is 5.97 Å². The number of carbonyl (C=O) groups excluding carboxylic acids is 1. The molecule has 1 amide bonds. The molecule has 0 unspecified atom stereocenters. The SMILES string of the molecule is NC1CCC(Nc2cc(Nc3ccc(C(=O)O)cn3)c3ncc(C(=O)Nc4ccncc4F)n3n2)CC1. The third-order valence-corrected chi connectivity index (χ3v) is 6.12. The molecule has 13 heteroatoms. The van der Waals surface area contributed by atoms with Crippen molar-refractivity contribution < 1.29 is 19.1 Å². The molecule has 0 spiro atoms. The number of aromatic carboxylic acids is 1. The Morgan fingerprint density at radius 3 is 2.54 bits per heavy atom. The van der Waals surface area contributed by atoms with E-state index in [-0.39, 0.29) is 29.0 Å². The van der Waals surface area contributed by atoms with Crippen LogP contribution in [0.1, 0.15) is 46.5 Å². The van der Waals surface area contributed by atoms with E-state index in [1.54, 1.807) is 6.07 Å². The van der Waals surface area contributed by atoms with Crippen molar-refractivity contribution >= 4 is 40.5 Å². The number of rotatable bonds is 7. The highest BCUT2D eigenvalue weighted by Crippen LogP contribution is 2.27. The topological polar surface area (TPSA) is 172 Å². The summed E-state index contributed by atoms with van der Waals surface area (Å²) in [5.41, 5.74) is 6.94. The lowest BCUT2D eigenvalue weighted by Crippen LogP contribution is -2.33. The minimum atomic E-state index is -1.08. The number of nitrogens with zero attached hydrogens (tertiary/aromatic N) is 5. The van der Waals surface area contributed by atoms with E-state index >= 15 is 0 Å². The van der Waals surface area contributed by atoms with E-state index in [0.717, 1.165) is 31.9 Å². The second-order valence-corrected chi connectivity index (χ2v) is 8.75. The van der Waals surface area contributed by atoms with Crippen LogP contribution in [0.4, 0.5) is 27.4 Å². The van der Waals surface area contributed by atoms with Gasteiger partial charge in [0, 0.05) is 30.5 Å². The highest BCUT2D eigenvalue weighted by atomic mass is 19.1. The van der Waals surface area contributed by atoms with Crippen molar-refractivity contribution in [2.75, 3.05) is 16.0 Å². The zero-order valence-electron chi connectivity index (χ0n) is 19.6. The van der Waals surface area contributed by atoms with Gasteiger partial charge in [0.1, 0.15) is 11.6 Å². The number of fused-ring (bicyclic) bond motifs is 1. The van der Waals surface area contributed by atoms with Gasteiger partial charge in [-0.05, 0) is 43.9 Å². The first-order valence-electron chi connectivity index (χ1n) is 11.7. The Bertz CT molecular complexity index is 1450. The summed E-state index contributed by atoms with van der Waals surface area (Å²) in [6.45, 7) is 0. The van der Waals surface area contributed by atoms with Crippen LogP contribution in [-0.2, 0) is 0 Å². The number of carbonyl (C=O) groups is 2. The highest BCUT2D eigenvalue weighted by Gasteiger charge is 2.22. The molecule has 0 aliphatic heterocycles. The van der Waals surface area contributed by atoms with Gasteiger partial charge in [-0.1, -0.05) is 0 Å². The predicted molar refractivity (Wildman–Crippen MR) is 133 cm³/mol. The van der Waals surface area contributed by atoms with E-state index in [2.05, 4.69) is 36.0 Å². The van der Waals surface area contributed by atoms with Gasteiger partial charge in [0.05, 0.1) is 29.3 Å². The molecule has 0 aromatic carbocycles. The summed E-state index contributed by atoms with van der Waals surface area (Å²) in [5.74, 6) is -1.51. The molecule has 0 saturated heterocycles. The highest BCUT2D eigenvalue weighted by molar-refractivity contribution is 6.03. The number of nitrogens with one attached hydrogen (secondary N) is 3. The molecule has 1 saturated carbocycles. The summed E-state index contributed by atoms with van der Waals surface area (Å²) in [7, 11) is 0. The molecule has 1 aliphatic carbocycles. The first-order valence-corrected chi connectivity index (χ1v) is 11.7. The molecule has 190 valence electrons. The summed E-state index contributed by atoms with van der Waals surface area (Å²) >= 11 is 0. The maximum Gasteiger partial charge on any atom is 0.337 e. The fourth-order valence-corrected chi connectivity index (χ4v) is 4.15. The first-order chi connectivity index (χ1) is 17.9. The van der Waals surface area contributed by atoms with Gasteiger partial charge in [-0.15, -0.1) is 5.10 Å². The number of imidazole rings is 1. The maximum absolute atomic E-state index is 14.1. The molecule has 4 heterocycles. The molecule has 1 aliphatic rings. The zero-order valence-corrected chi connectivity index (χ0v) is 19.6. The Labute approximate surface area is 210 Å². The third kappa shape index (κ3) is 5.30. The summed E-state index contributed by atoms with van der Waals surface area (Å²) in [6, 6.07) is 6.38. The van der Waals surface area contributed by atoms with Crippen molar-refractivity contribution in [2.24, 2.45) is 5.73 Å². The molecule has 4 aromatic heterocycles. The lowest BCUT2D eigenvalue weighted by molar-refractivity contribution is 0.0696. The first kappa shape index (κ1) is 24.1. The van der Waals surface area contributed by atoms with Crippen molar-refractivity contribution in [1.29, 1.82) is 0 Å². The van der Waals surface area contributed by atoms with Crippen LogP contribution in [0, 0.1) is 5.82 Å². The number of hydrogen-bond acceptors (Lipinski definition) is 9. The number of nitrogens with two attached hydrogens (primary N) is 1. The molecule has 0 bridgehead atoms. The Kier molecular flexibility index (Phi) is 6.60. The third-order valence-electron chi connectivity index (χ3n) is 6.12. The van der Waals surface area contributed by atoms with E-state index in [4.69, 9.17) is 10.8 Å². The number of carboxylic acids is 1. The average molecular weight is 506 g/mol. The maximum atomic E-state index is 14.1. The van der Waals surface area contributed by atoms with E-state index in [1.165, 1.54) is 41.3 Å². The van der Waals surface area contributed by atoms with Gasteiger partial charge in [0.25, 0.3) is 5.91 Å². The summed E-state index contributed by atoms with van der Waals surface area (Å²) < 4.78 is 15.4. The van der Waals surface area contributed by atoms with Gasteiger partial charge in [-0.3, -0.25) is 9.78 Å². The second-order valence-electron chi connectivity index (χ2n) is 8.75. The number of pyridine rings is 2. The van der Waals surface area contributed by atoms with Crippen LogP contribution in [0.25, 0.3) is 5.65 Å². The lowest BCUT2D eigenvalue weighted by atomic mass is 9.92. The molecule has 0 atom stereocenters. The molecular formula is C24H24FN9O3. The fourth-order valence-electron chi connectivity index (χ4n) is 4.15. The van der Waals surface area contributed by atoms with Crippen LogP contribution in [0.3, 0.4) is 0 Å². The zero-order chi connectivity index (χ0) is 25.9. The van der Waals surface area contributed by atoms with Crippen LogP contribution in [-0.4, -0.2) is 53.6 Å². The van der Waals surface area contributed by atoms with Crippen molar-refractivity contribution in [3.05, 3.63) is 66.1 Å². The summed E-state index contributed by atoms with van der Waals surface area (Å²) in [5, 5.41) is 22.8. The molecule has 1 fully saturated rings. The lowest BCUT2D eigenvalue weighted by Gasteiger charge is -2.27. The van der Waals surface area contributed by atoms with E-state index in [1.807, 2.05) is 0 Å². The van der Waals surface area contributed by atoms with Crippen LogP contribution in [0.5, 0.6) is 0 Å². The quantitative estimate of drug-likeness (QED) is 0.251. The van der Waals surface area contributed by atoms with Crippen LogP contribution in [0.15, 0.2) is 49.1 Å². The smallest absolute Gasteiger partial charge is 0.337 e. The minimum Gasteiger partial charge on any atom is -0.478 e. The summed E-state index contributed by atoms with van der Waals surface area (Å²) in [6.07, 6.45) is 8.48. The van der Waals surface area contributed by atoms with E-state index in [0.29, 0.717) is 23.0 Å². The largest absolute Gasteiger partial charge is 0.478 e. The Morgan fingerprint density at radius 1 is 1.03 bits per heavy atom. The van der Waals surface area contributed by atoms with Gasteiger partial charge in [0.15, 0.2) is 17.2 Å². The number of carboxylic acid groups (broad SMARTS) is 1. The van der Waals surface area contributed by atoms with Crippen molar-refractivity contribution in [2.45, 2.75) is 37.8 Å². The number of anilines is 4. The monoisotopic (exact) mass is 505 g/mol. The van der Waals surface area contributed by atoms with Crippen LogP contribution < -0.4 is 21.7 Å². The van der Waals surface area contributed by atoms with Gasteiger partial charge < -0.3 is 26.8 Å². The Morgan fingerprint density at radius 2 is 1.84 bits per heavy atom. The minimum absolute atomic E-state index is 0.0242. The molecule has 0 radical (unpaired) electrons. The Balaban J connectivity index is 1.49. The van der Waals surface area contributed by atoms with E-state index in [9.17, 15) is 14.0 Å². The van der Waals surface area contributed by atoms with Gasteiger partial charge in [-0.2, -0.15) is 0 Å². The number of amides is 1. The standard InChI is InChI=1S/C24H24FN9O3/c25-16-11-27-8-7-17(16)32-23(35)19-12-29-22-18(31-20-6-1-13(10-28-20)24(36)37)9-21(33-34(19)22)30-15-4-2-14(26)3-5-15/h1,6-12,14-15H,2-5,26H2,(H,28,31)(H,30,33)(H,36,37)(H,27,32,35). The molecule has 5 rings (SSSR count). The number of aromatic nitrogens is 5. The Hall–Kier alpha value is -4.65. The molecule has 12 nitrogen and oxygen atoms in total. The van der Waals surface area contributed by atoms with Crippen LogP contribution in [0.2, 0.25) is 0 Å².